The van der Waals surface area contributed by atoms with Gasteiger partial charge in [0.15, 0.2) is 0 Å². The molecule has 4 aromatic carbocycles. The van der Waals surface area contributed by atoms with Crippen molar-refractivity contribution < 1.29 is 36.6 Å². The molecule has 0 bridgehead atoms. The average molecular weight is 498 g/mol. The maximum absolute atomic E-state index is 13.4. The zero-order chi connectivity index (χ0) is 23.9. The van der Waals surface area contributed by atoms with Gasteiger partial charge in [0.2, 0.25) is 0 Å². The molecule has 0 aliphatic rings. The van der Waals surface area contributed by atoms with Gasteiger partial charge in [-0.15, -0.1) is 0 Å². The van der Waals surface area contributed by atoms with Gasteiger partial charge in [-0.2, -0.15) is 4.57 Å². The largest absolute Gasteiger partial charge is 0.647 e. The highest BCUT2D eigenvalue weighted by atomic mass is 31.2. The maximum atomic E-state index is 13.4. The van der Waals surface area contributed by atoms with Crippen molar-refractivity contribution in [1.29, 1.82) is 0 Å². The molecule has 0 spiro atoms. The van der Waals surface area contributed by atoms with Crippen molar-refractivity contribution in [2.75, 3.05) is 0 Å². The van der Waals surface area contributed by atoms with E-state index in [0.717, 1.165) is 0 Å². The molecule has 4 rings (SSSR count). The van der Waals surface area contributed by atoms with Crippen molar-refractivity contribution in [2.45, 2.75) is 0 Å². The van der Waals surface area contributed by atoms with Crippen LogP contribution in [0.5, 0.6) is 28.7 Å². The van der Waals surface area contributed by atoms with Crippen molar-refractivity contribution in [3.8, 4) is 28.7 Å². The summed E-state index contributed by atoms with van der Waals surface area (Å²) in [6.45, 7) is 0. The summed E-state index contributed by atoms with van der Waals surface area (Å²) in [6.07, 6.45) is 0. The van der Waals surface area contributed by atoms with Crippen LogP contribution in [0.4, 0.5) is 0 Å². The number of hydrogen-bond donors (Lipinski definition) is 1. The quantitative estimate of drug-likeness (QED) is 0.236. The van der Waals surface area contributed by atoms with Crippen LogP contribution in [0, 0.1) is 0 Å². The van der Waals surface area contributed by atoms with E-state index in [4.69, 9.17) is 22.6 Å². The lowest BCUT2D eigenvalue weighted by atomic mass is 10.3. The number of phosphoric acid groups is 2. The molecule has 1 unspecified atom stereocenters. The van der Waals surface area contributed by atoms with Gasteiger partial charge in [-0.05, 0) is 60.7 Å². The summed E-state index contributed by atoms with van der Waals surface area (Å²) in [5, 5.41) is 0. The van der Waals surface area contributed by atoms with Crippen LogP contribution < -0.4 is 22.6 Å². The Kier molecular flexibility index (Phi) is 7.24. The van der Waals surface area contributed by atoms with E-state index in [2.05, 4.69) is 0 Å². The highest BCUT2D eigenvalue weighted by Crippen LogP contribution is 2.50. The highest BCUT2D eigenvalue weighted by molar-refractivity contribution is 7.49. The summed E-state index contributed by atoms with van der Waals surface area (Å²) in [7, 11) is -8.59. The third-order valence-corrected chi connectivity index (χ3v) is 6.33. The molecule has 0 aliphatic heterocycles. The Bertz CT molecular complexity index is 1240. The van der Waals surface area contributed by atoms with Crippen LogP contribution in [0.3, 0.4) is 0 Å². The zero-order valence-electron chi connectivity index (χ0n) is 17.7. The second-order valence-corrected chi connectivity index (χ2v) is 9.53. The van der Waals surface area contributed by atoms with E-state index in [9.17, 15) is 14.0 Å². The highest BCUT2D eigenvalue weighted by Gasteiger charge is 2.33. The minimum Gasteiger partial charge on any atom is -0.395 e. The van der Waals surface area contributed by atoms with Gasteiger partial charge in [0, 0.05) is 0 Å². The third-order valence-electron chi connectivity index (χ3n) is 4.15. The van der Waals surface area contributed by atoms with E-state index in [1.165, 1.54) is 36.4 Å². The molecule has 0 fully saturated rings. The number of rotatable bonds is 10. The van der Waals surface area contributed by atoms with Gasteiger partial charge >= 0.3 is 15.6 Å². The van der Waals surface area contributed by atoms with E-state index >= 15 is 0 Å². The molecule has 1 atom stereocenters. The molecule has 174 valence electrons. The van der Waals surface area contributed by atoms with Crippen LogP contribution in [0.15, 0.2) is 115 Å². The van der Waals surface area contributed by atoms with Crippen LogP contribution >= 0.6 is 15.6 Å². The molecule has 0 heterocycles. The molecule has 8 nitrogen and oxygen atoms in total. The molecule has 0 saturated heterocycles. The molecule has 0 amide bonds. The number of phosphoric ester groups is 2. The standard InChI is InChI=1S/C24H20O8P2/c25-33(26,28-20-10-4-1-5-11-20)29-23-16-18-24(19-17-23)32-34(27,30-21-12-6-2-7-13-21)31-22-14-8-3-9-15-22/h1-19H,(H,25,26). The lowest BCUT2D eigenvalue weighted by Crippen LogP contribution is -2.07. The minimum atomic E-state index is -4.43. The van der Waals surface area contributed by atoms with Gasteiger partial charge in [0.1, 0.15) is 28.7 Å². The van der Waals surface area contributed by atoms with Gasteiger partial charge in [-0.3, -0.25) is 4.89 Å². The lowest BCUT2D eigenvalue weighted by Gasteiger charge is -2.19. The van der Waals surface area contributed by atoms with Crippen molar-refractivity contribution in [3.05, 3.63) is 115 Å². The summed E-state index contributed by atoms with van der Waals surface area (Å²) < 4.78 is 52.5. The predicted molar refractivity (Wildman–Crippen MR) is 126 cm³/mol. The SMILES string of the molecule is O=P(O)(Oc1ccccc1)Oc1ccc(OP(=O)(Oc2ccccc2)Oc2ccccc2)cc1. The Balaban J connectivity index is 1.48. The fourth-order valence-corrected chi connectivity index (χ4v) is 4.80. The average Bonchev–Trinajstić information content (AvgIpc) is 2.81. The Morgan fingerprint density at radius 2 is 0.676 bits per heavy atom. The van der Waals surface area contributed by atoms with Crippen molar-refractivity contribution in [1.82, 2.24) is 0 Å². The Morgan fingerprint density at radius 3 is 1.03 bits per heavy atom. The van der Waals surface area contributed by atoms with Crippen LogP contribution in [0.1, 0.15) is 0 Å². The molecule has 0 aromatic heterocycles. The molecule has 0 radical (unpaired) electrons. The summed E-state index contributed by atoms with van der Waals surface area (Å²) in [4.78, 5) is 10.0. The van der Waals surface area contributed by atoms with Crippen molar-refractivity contribution in [2.24, 2.45) is 0 Å². The molecular formula is C24H20O8P2. The first kappa shape index (κ1) is 23.5. The third kappa shape index (κ3) is 6.90. The van der Waals surface area contributed by atoms with Gasteiger partial charge < -0.3 is 22.6 Å². The topological polar surface area (TPSA) is 101 Å². The predicted octanol–water partition coefficient (Wildman–Crippen LogP) is 6.89. The molecule has 34 heavy (non-hydrogen) atoms. The first-order chi connectivity index (χ1) is 16.4. The van der Waals surface area contributed by atoms with Crippen LogP contribution in [0.25, 0.3) is 0 Å². The van der Waals surface area contributed by atoms with Gasteiger partial charge in [-0.1, -0.05) is 54.6 Å². The Hall–Kier alpha value is -3.70. The number of hydrogen-bond acceptors (Lipinski definition) is 7. The summed E-state index contributed by atoms with van der Waals surface area (Å²) in [6, 6.07) is 30.6. The van der Waals surface area contributed by atoms with Gasteiger partial charge in [-0.25, -0.2) is 4.57 Å². The molecular weight excluding hydrogens is 478 g/mol. The summed E-state index contributed by atoms with van der Waals surface area (Å²) in [5.41, 5.74) is 0. The zero-order valence-corrected chi connectivity index (χ0v) is 19.5. The van der Waals surface area contributed by atoms with E-state index in [0.29, 0.717) is 11.5 Å². The monoisotopic (exact) mass is 498 g/mol. The van der Waals surface area contributed by atoms with Gasteiger partial charge in [0.25, 0.3) is 0 Å². The molecule has 0 saturated carbocycles. The first-order valence-corrected chi connectivity index (χ1v) is 13.0. The normalized spacial score (nSPS) is 12.7. The van der Waals surface area contributed by atoms with E-state index in [1.807, 2.05) is 0 Å². The summed E-state index contributed by atoms with van der Waals surface area (Å²) in [5.74, 6) is 0.934. The summed E-state index contributed by atoms with van der Waals surface area (Å²) >= 11 is 0. The molecule has 4 aromatic rings. The molecule has 1 N–H and O–H groups in total. The second-order valence-electron chi connectivity index (χ2n) is 6.78. The van der Waals surface area contributed by atoms with E-state index in [1.54, 1.807) is 78.9 Å². The Morgan fingerprint density at radius 1 is 0.412 bits per heavy atom. The molecule has 0 aliphatic carbocycles. The minimum absolute atomic E-state index is 0.0388. The maximum Gasteiger partial charge on any atom is 0.647 e. The van der Waals surface area contributed by atoms with Gasteiger partial charge in [0.05, 0.1) is 0 Å². The lowest BCUT2D eigenvalue weighted by molar-refractivity contribution is 0.288. The van der Waals surface area contributed by atoms with Crippen molar-refractivity contribution >= 4 is 15.6 Å². The number of para-hydroxylation sites is 3. The fourth-order valence-electron chi connectivity index (χ4n) is 2.73. The van der Waals surface area contributed by atoms with E-state index in [-0.39, 0.29) is 17.2 Å². The smallest absolute Gasteiger partial charge is 0.395 e. The fraction of sp³-hybridized carbons (Fsp3) is 0. The molecule has 10 heteroatoms. The number of benzene rings is 4. The van der Waals surface area contributed by atoms with Crippen LogP contribution in [-0.2, 0) is 9.13 Å². The first-order valence-electron chi connectivity index (χ1n) is 10.1. The van der Waals surface area contributed by atoms with Crippen molar-refractivity contribution in [3.63, 3.8) is 0 Å². The van der Waals surface area contributed by atoms with Crippen LogP contribution in [-0.4, -0.2) is 4.89 Å². The Labute approximate surface area is 196 Å². The second kappa shape index (κ2) is 10.5. The van der Waals surface area contributed by atoms with Crippen LogP contribution in [0.2, 0.25) is 0 Å². The van der Waals surface area contributed by atoms with E-state index < -0.39 is 15.6 Å².